The second-order valence-corrected chi connectivity index (χ2v) is 4.32. The predicted molar refractivity (Wildman–Crippen MR) is 74.1 cm³/mol. The van der Waals surface area contributed by atoms with Crippen molar-refractivity contribution in [2.24, 2.45) is 0 Å². The molecule has 0 bridgehead atoms. The normalized spacial score (nSPS) is 10.4. The van der Waals surface area contributed by atoms with Crippen molar-refractivity contribution >= 4 is 17.3 Å². The van der Waals surface area contributed by atoms with Gasteiger partial charge in [0.15, 0.2) is 6.39 Å². The summed E-state index contributed by atoms with van der Waals surface area (Å²) in [5.74, 6) is 0.104. The minimum absolute atomic E-state index is 0.179. The number of carbonyl (C=O) groups is 1. The number of hydrogen-bond acceptors (Lipinski definition) is 4. The van der Waals surface area contributed by atoms with Crippen LogP contribution >= 0.6 is 0 Å². The number of hydrogen-bond donors (Lipinski definition) is 1. The Kier molecular flexibility index (Phi) is 3.85. The van der Waals surface area contributed by atoms with Crippen molar-refractivity contribution in [3.8, 4) is 0 Å². The molecule has 5 nitrogen and oxygen atoms in total. The lowest BCUT2D eigenvalue weighted by Gasteiger charge is -2.21. The number of benzene rings is 1. The molecule has 0 radical (unpaired) electrons. The Morgan fingerprint density at radius 1 is 1.37 bits per heavy atom. The first-order valence-corrected chi connectivity index (χ1v) is 6.21. The van der Waals surface area contributed by atoms with E-state index in [0.717, 1.165) is 12.1 Å². The largest absolute Gasteiger partial charge is 0.438 e. The average Bonchev–Trinajstić information content (AvgIpc) is 2.83. The van der Waals surface area contributed by atoms with Crippen LogP contribution in [0.15, 0.2) is 35.1 Å². The molecule has 5 heteroatoms. The number of nitrogen functional groups attached to an aromatic ring is 1. The van der Waals surface area contributed by atoms with Gasteiger partial charge < -0.3 is 15.1 Å². The van der Waals surface area contributed by atoms with Gasteiger partial charge in [-0.05, 0) is 37.6 Å². The maximum Gasteiger partial charge on any atom is 0.295 e. The van der Waals surface area contributed by atoms with Crippen LogP contribution in [0, 0.1) is 6.92 Å². The smallest absolute Gasteiger partial charge is 0.295 e. The van der Waals surface area contributed by atoms with Gasteiger partial charge >= 0.3 is 0 Å². The third-order valence-corrected chi connectivity index (χ3v) is 2.84. The number of anilines is 2. The zero-order valence-corrected chi connectivity index (χ0v) is 11.1. The predicted octanol–water partition coefficient (Wildman–Crippen LogP) is 2.62. The van der Waals surface area contributed by atoms with Gasteiger partial charge in [0.2, 0.25) is 5.76 Å². The maximum atomic E-state index is 12.5. The number of nitrogens with two attached hydrogens (primary N) is 1. The van der Waals surface area contributed by atoms with E-state index in [-0.39, 0.29) is 11.7 Å². The Bertz CT molecular complexity index is 560. The minimum Gasteiger partial charge on any atom is -0.438 e. The zero-order valence-electron chi connectivity index (χ0n) is 11.1. The number of carbonyl (C=O) groups excluding carboxylic acids is 1. The van der Waals surface area contributed by atoms with Gasteiger partial charge in [-0.3, -0.25) is 4.79 Å². The highest BCUT2D eigenvalue weighted by Crippen LogP contribution is 2.20. The monoisotopic (exact) mass is 259 g/mol. The molecule has 2 N–H and O–H groups in total. The van der Waals surface area contributed by atoms with Gasteiger partial charge in [0.25, 0.3) is 5.91 Å². The van der Waals surface area contributed by atoms with Gasteiger partial charge in [0.1, 0.15) is 0 Å². The van der Waals surface area contributed by atoms with E-state index in [4.69, 9.17) is 10.2 Å². The molecule has 0 aliphatic carbocycles. The number of oxazole rings is 1. The van der Waals surface area contributed by atoms with Gasteiger partial charge in [0.05, 0.1) is 5.69 Å². The van der Waals surface area contributed by atoms with Crippen LogP contribution in [0.5, 0.6) is 0 Å². The van der Waals surface area contributed by atoms with E-state index in [9.17, 15) is 4.79 Å². The fraction of sp³-hybridized carbons (Fsp3) is 0.286. The molecule has 0 aliphatic heterocycles. The summed E-state index contributed by atoms with van der Waals surface area (Å²) in [5.41, 5.74) is 7.73. The molecule has 2 rings (SSSR count). The van der Waals surface area contributed by atoms with Crippen LogP contribution in [0.2, 0.25) is 0 Å². The van der Waals surface area contributed by atoms with Crippen LogP contribution < -0.4 is 10.6 Å². The third-order valence-electron chi connectivity index (χ3n) is 2.84. The lowest BCUT2D eigenvalue weighted by Crippen LogP contribution is -2.31. The van der Waals surface area contributed by atoms with Gasteiger partial charge in [-0.25, -0.2) is 4.98 Å². The highest BCUT2D eigenvalue weighted by Gasteiger charge is 2.22. The highest BCUT2D eigenvalue weighted by molar-refractivity contribution is 6.04. The van der Waals surface area contributed by atoms with Crippen molar-refractivity contribution in [3.05, 3.63) is 42.1 Å². The molecule has 0 fully saturated rings. The number of amides is 1. The molecule has 1 heterocycles. The van der Waals surface area contributed by atoms with E-state index in [1.54, 1.807) is 24.0 Å². The number of nitrogens with zero attached hydrogens (tertiary/aromatic N) is 2. The van der Waals surface area contributed by atoms with Crippen LogP contribution in [0.3, 0.4) is 0 Å². The summed E-state index contributed by atoms with van der Waals surface area (Å²) < 4.78 is 5.17. The zero-order chi connectivity index (χ0) is 13.8. The second-order valence-electron chi connectivity index (χ2n) is 4.32. The summed E-state index contributed by atoms with van der Waals surface area (Å²) in [5, 5.41) is 0. The van der Waals surface area contributed by atoms with Crippen molar-refractivity contribution in [2.75, 3.05) is 17.2 Å². The number of rotatable bonds is 4. The topological polar surface area (TPSA) is 72.4 Å². The summed E-state index contributed by atoms with van der Waals surface area (Å²) in [6.07, 6.45) is 2.14. The van der Waals surface area contributed by atoms with Crippen LogP contribution in [0.4, 0.5) is 11.4 Å². The molecule has 0 atom stereocenters. The second kappa shape index (κ2) is 5.56. The summed E-state index contributed by atoms with van der Waals surface area (Å²) in [4.78, 5) is 18.1. The Morgan fingerprint density at radius 3 is 2.58 bits per heavy atom. The first-order valence-electron chi connectivity index (χ1n) is 6.21. The number of aryl methyl sites for hydroxylation is 1. The molecular formula is C14H17N3O2. The first kappa shape index (κ1) is 13.1. The fourth-order valence-electron chi connectivity index (χ4n) is 1.86. The lowest BCUT2D eigenvalue weighted by atomic mass is 10.2. The number of aromatic nitrogens is 1. The van der Waals surface area contributed by atoms with E-state index >= 15 is 0 Å². The van der Waals surface area contributed by atoms with Crippen molar-refractivity contribution < 1.29 is 9.21 Å². The van der Waals surface area contributed by atoms with Gasteiger partial charge in [-0.1, -0.05) is 6.92 Å². The molecule has 2 aromatic rings. The molecule has 0 aliphatic rings. The van der Waals surface area contributed by atoms with Crippen LogP contribution in [0.1, 0.15) is 29.6 Å². The highest BCUT2D eigenvalue weighted by atomic mass is 16.3. The third kappa shape index (κ3) is 2.76. The standard InChI is InChI=1S/C14H17N3O2/c1-3-8-17(12-6-4-11(15)5-7-12)14(18)13-10(2)16-9-19-13/h4-7,9H,3,8,15H2,1-2H3. The van der Waals surface area contributed by atoms with Gasteiger partial charge in [0, 0.05) is 17.9 Å². The first-order chi connectivity index (χ1) is 9.13. The van der Waals surface area contributed by atoms with Crippen LogP contribution in [-0.4, -0.2) is 17.4 Å². The SMILES string of the molecule is CCCN(C(=O)c1ocnc1C)c1ccc(N)cc1. The van der Waals surface area contributed by atoms with E-state index < -0.39 is 0 Å². The Morgan fingerprint density at radius 2 is 2.05 bits per heavy atom. The molecule has 0 unspecified atom stereocenters. The summed E-state index contributed by atoms with van der Waals surface area (Å²) in [6, 6.07) is 7.21. The Balaban J connectivity index is 2.32. The Hall–Kier alpha value is -2.30. The summed E-state index contributed by atoms with van der Waals surface area (Å²) in [7, 11) is 0. The van der Waals surface area contributed by atoms with Crippen molar-refractivity contribution in [1.29, 1.82) is 0 Å². The molecule has 19 heavy (non-hydrogen) atoms. The van der Waals surface area contributed by atoms with E-state index in [2.05, 4.69) is 4.98 Å². The van der Waals surface area contributed by atoms with Gasteiger partial charge in [-0.15, -0.1) is 0 Å². The van der Waals surface area contributed by atoms with Gasteiger partial charge in [-0.2, -0.15) is 0 Å². The van der Waals surface area contributed by atoms with E-state index in [1.165, 1.54) is 6.39 Å². The maximum absolute atomic E-state index is 12.5. The quantitative estimate of drug-likeness (QED) is 0.857. The van der Waals surface area contributed by atoms with Crippen LogP contribution in [-0.2, 0) is 0 Å². The molecular weight excluding hydrogens is 242 g/mol. The lowest BCUT2D eigenvalue weighted by molar-refractivity contribution is 0.0959. The van der Waals surface area contributed by atoms with E-state index in [1.807, 2.05) is 19.1 Å². The van der Waals surface area contributed by atoms with Crippen molar-refractivity contribution in [3.63, 3.8) is 0 Å². The van der Waals surface area contributed by atoms with Crippen molar-refractivity contribution in [1.82, 2.24) is 4.98 Å². The average molecular weight is 259 g/mol. The molecule has 1 amide bonds. The molecule has 0 saturated heterocycles. The molecule has 100 valence electrons. The summed E-state index contributed by atoms with van der Waals surface area (Å²) in [6.45, 7) is 4.39. The molecule has 1 aromatic heterocycles. The molecule has 0 spiro atoms. The van der Waals surface area contributed by atoms with E-state index in [0.29, 0.717) is 17.9 Å². The Labute approximate surface area is 112 Å². The molecule has 1 aromatic carbocycles. The summed E-state index contributed by atoms with van der Waals surface area (Å²) >= 11 is 0. The minimum atomic E-state index is -0.179. The van der Waals surface area contributed by atoms with Crippen molar-refractivity contribution in [2.45, 2.75) is 20.3 Å². The molecule has 0 saturated carbocycles. The van der Waals surface area contributed by atoms with Crippen LogP contribution in [0.25, 0.3) is 0 Å². The fourth-order valence-corrected chi connectivity index (χ4v) is 1.86.